The van der Waals surface area contributed by atoms with Gasteiger partial charge in [-0.25, -0.2) is 0 Å². The van der Waals surface area contributed by atoms with Crippen LogP contribution in [0.25, 0.3) is 0 Å². The van der Waals surface area contributed by atoms with Crippen molar-refractivity contribution in [1.82, 2.24) is 9.80 Å². The predicted molar refractivity (Wildman–Crippen MR) is 170 cm³/mol. The fraction of sp³-hybridized carbons (Fsp3) is 0.595. The molecule has 1 saturated heterocycles. The first-order valence-corrected chi connectivity index (χ1v) is 16.8. The number of benzene rings is 2. The van der Waals surface area contributed by atoms with Crippen molar-refractivity contribution in [3.8, 4) is 11.5 Å². The lowest BCUT2D eigenvalue weighted by atomic mass is 9.51. The molecule has 6 rings (SSSR count). The van der Waals surface area contributed by atoms with Gasteiger partial charge in [-0.1, -0.05) is 56.7 Å². The Bertz CT molecular complexity index is 1390. The lowest BCUT2D eigenvalue weighted by molar-refractivity contribution is -0.144. The summed E-state index contributed by atoms with van der Waals surface area (Å²) in [5.74, 6) is 1.91. The molecule has 5 atom stereocenters. The SMILES string of the molecule is CC(=O)CN1CC[C@]23c4c5ccc(OC(C)=O)c4O[C@H]2[C@@H](N(CC(C)C)C(=O)CCCCCc2ccccc2)CC[C@H]3[C@H]1C5. The maximum atomic E-state index is 14.0. The van der Waals surface area contributed by atoms with Crippen molar-refractivity contribution in [2.45, 2.75) is 109 Å². The number of likely N-dealkylation sites (tertiary alicyclic amines) is 1. The van der Waals surface area contributed by atoms with Crippen LogP contribution < -0.4 is 9.47 Å². The summed E-state index contributed by atoms with van der Waals surface area (Å²) in [6, 6.07) is 14.7. The van der Waals surface area contributed by atoms with Gasteiger partial charge in [0.2, 0.25) is 5.91 Å². The third kappa shape index (κ3) is 5.68. The second-order valence-corrected chi connectivity index (χ2v) is 14.0. The summed E-state index contributed by atoms with van der Waals surface area (Å²) in [6.07, 6.45) is 7.98. The Morgan fingerprint density at radius 2 is 1.84 bits per heavy atom. The zero-order valence-electron chi connectivity index (χ0n) is 26.8. The summed E-state index contributed by atoms with van der Waals surface area (Å²) in [5, 5.41) is 0. The third-order valence-corrected chi connectivity index (χ3v) is 10.5. The molecule has 7 heteroatoms. The maximum Gasteiger partial charge on any atom is 0.308 e. The van der Waals surface area contributed by atoms with Gasteiger partial charge in [0.1, 0.15) is 11.9 Å². The number of unbranched alkanes of at least 4 members (excludes halogenated alkanes) is 2. The monoisotopic (exact) mass is 600 g/mol. The number of carbonyl (C=O) groups is 3. The van der Waals surface area contributed by atoms with Crippen molar-refractivity contribution < 1.29 is 23.9 Å². The van der Waals surface area contributed by atoms with Crippen LogP contribution in [0.2, 0.25) is 0 Å². The molecule has 236 valence electrons. The van der Waals surface area contributed by atoms with Gasteiger partial charge >= 0.3 is 5.97 Å². The van der Waals surface area contributed by atoms with Crippen molar-refractivity contribution in [2.24, 2.45) is 11.8 Å². The predicted octanol–water partition coefficient (Wildman–Crippen LogP) is 5.90. The molecule has 44 heavy (non-hydrogen) atoms. The number of carbonyl (C=O) groups excluding carboxylic acids is 3. The van der Waals surface area contributed by atoms with Crippen LogP contribution in [0.15, 0.2) is 42.5 Å². The number of nitrogens with zero attached hydrogens (tertiary/aromatic N) is 2. The lowest BCUT2D eigenvalue weighted by Crippen LogP contribution is -2.69. The molecule has 1 saturated carbocycles. The van der Waals surface area contributed by atoms with Crippen molar-refractivity contribution in [3.05, 3.63) is 59.2 Å². The molecule has 2 aromatic rings. The number of hydrogen-bond donors (Lipinski definition) is 0. The zero-order chi connectivity index (χ0) is 31.0. The number of amides is 1. The van der Waals surface area contributed by atoms with Crippen LogP contribution in [0, 0.1) is 11.8 Å². The smallest absolute Gasteiger partial charge is 0.308 e. The summed E-state index contributed by atoms with van der Waals surface area (Å²) >= 11 is 0. The molecular weight excluding hydrogens is 552 g/mol. The maximum absolute atomic E-state index is 14.0. The van der Waals surface area contributed by atoms with E-state index in [0.29, 0.717) is 42.8 Å². The molecule has 0 aromatic heterocycles. The summed E-state index contributed by atoms with van der Waals surface area (Å²) < 4.78 is 12.7. The van der Waals surface area contributed by atoms with Gasteiger partial charge in [-0.2, -0.15) is 0 Å². The van der Waals surface area contributed by atoms with Gasteiger partial charge in [0.15, 0.2) is 11.5 Å². The van der Waals surface area contributed by atoms with E-state index in [9.17, 15) is 14.4 Å². The van der Waals surface area contributed by atoms with Crippen LogP contribution in [0.4, 0.5) is 0 Å². The van der Waals surface area contributed by atoms with Gasteiger partial charge in [-0.05, 0) is 87.4 Å². The normalized spacial score (nSPS) is 26.6. The second kappa shape index (κ2) is 12.7. The van der Waals surface area contributed by atoms with Crippen molar-refractivity contribution >= 4 is 17.7 Å². The highest BCUT2D eigenvalue weighted by Crippen LogP contribution is 2.64. The highest BCUT2D eigenvalue weighted by Gasteiger charge is 2.66. The van der Waals surface area contributed by atoms with Crippen molar-refractivity contribution in [3.63, 3.8) is 0 Å². The molecule has 2 bridgehead atoms. The number of esters is 1. The van der Waals surface area contributed by atoms with Crippen LogP contribution in [0.5, 0.6) is 11.5 Å². The molecular formula is C37H48N2O5. The fourth-order valence-electron chi connectivity index (χ4n) is 9.01. The molecule has 0 N–H and O–H groups in total. The van der Waals surface area contributed by atoms with E-state index in [1.807, 2.05) is 12.1 Å². The van der Waals surface area contributed by atoms with Crippen molar-refractivity contribution in [2.75, 3.05) is 19.6 Å². The first kappa shape index (κ1) is 30.8. The summed E-state index contributed by atoms with van der Waals surface area (Å²) in [4.78, 5) is 42.9. The van der Waals surface area contributed by atoms with Crippen LogP contribution in [0.1, 0.15) is 89.3 Å². The van der Waals surface area contributed by atoms with Gasteiger partial charge in [0, 0.05) is 36.9 Å². The van der Waals surface area contributed by atoms with E-state index in [1.54, 1.807) is 6.92 Å². The zero-order valence-corrected chi connectivity index (χ0v) is 26.8. The minimum Gasteiger partial charge on any atom is -0.483 e. The molecule has 0 unspecified atom stereocenters. The Morgan fingerprint density at radius 1 is 1.05 bits per heavy atom. The number of aryl methyl sites for hydroxylation is 1. The number of ether oxygens (including phenoxy) is 2. The average molecular weight is 601 g/mol. The van der Waals surface area contributed by atoms with E-state index in [1.165, 1.54) is 23.6 Å². The standard InChI is InChI=1S/C37H48N2O5/c1-24(2)22-39(33(42)14-10-6-9-13-27-11-7-5-8-12-27)30-17-16-29-31-21-28-15-18-32(43-26(4)41)35-34(28)37(29,36(30)44-35)19-20-38(31)23-25(3)40/h5,7-8,11-12,15,18,24,29-31,36H,6,9-10,13-14,16-17,19-23H2,1-4H3/t29-,30-,31+,36-,37-/m0/s1. The molecule has 2 aromatic carbocycles. The van der Waals surface area contributed by atoms with Crippen LogP contribution in [0.3, 0.4) is 0 Å². The number of piperidine rings is 1. The molecule has 4 aliphatic rings. The summed E-state index contributed by atoms with van der Waals surface area (Å²) in [7, 11) is 0. The first-order valence-electron chi connectivity index (χ1n) is 16.8. The molecule has 1 spiro atoms. The van der Waals surface area contributed by atoms with E-state index in [4.69, 9.17) is 9.47 Å². The molecule has 2 heterocycles. The third-order valence-electron chi connectivity index (χ3n) is 10.5. The quantitative estimate of drug-likeness (QED) is 0.172. The van der Waals surface area contributed by atoms with Crippen LogP contribution in [-0.2, 0) is 32.6 Å². The Hall–Kier alpha value is -3.19. The largest absolute Gasteiger partial charge is 0.483 e. The molecule has 2 aliphatic carbocycles. The number of Topliss-reactive ketones (excluding diaryl/α,β-unsaturated/α-hetero) is 1. The topological polar surface area (TPSA) is 76.2 Å². The van der Waals surface area contributed by atoms with E-state index in [-0.39, 0.29) is 41.3 Å². The Balaban J connectivity index is 1.27. The summed E-state index contributed by atoms with van der Waals surface area (Å²) in [5.41, 5.74) is 3.52. The average Bonchev–Trinajstić information content (AvgIpc) is 3.33. The minimum absolute atomic E-state index is 0.0472. The highest BCUT2D eigenvalue weighted by molar-refractivity contribution is 5.78. The van der Waals surface area contributed by atoms with Gasteiger partial charge in [0.25, 0.3) is 0 Å². The first-order chi connectivity index (χ1) is 21.2. The van der Waals surface area contributed by atoms with E-state index < -0.39 is 0 Å². The molecule has 7 nitrogen and oxygen atoms in total. The highest BCUT2D eigenvalue weighted by atomic mass is 16.6. The van der Waals surface area contributed by atoms with E-state index >= 15 is 0 Å². The van der Waals surface area contributed by atoms with Gasteiger partial charge in [0.05, 0.1) is 12.6 Å². The van der Waals surface area contributed by atoms with Gasteiger partial charge < -0.3 is 14.4 Å². The number of ketones is 1. The Labute approximate surface area is 262 Å². The minimum atomic E-state index is -0.362. The van der Waals surface area contributed by atoms with Crippen molar-refractivity contribution in [1.29, 1.82) is 0 Å². The fourth-order valence-corrected chi connectivity index (χ4v) is 9.01. The second-order valence-electron chi connectivity index (χ2n) is 14.0. The van der Waals surface area contributed by atoms with Crippen LogP contribution >= 0.6 is 0 Å². The molecule has 2 fully saturated rings. The lowest BCUT2D eigenvalue weighted by Gasteiger charge is -2.60. The number of hydrogen-bond acceptors (Lipinski definition) is 6. The molecule has 1 amide bonds. The molecule has 2 aliphatic heterocycles. The number of rotatable bonds is 12. The summed E-state index contributed by atoms with van der Waals surface area (Å²) in [6.45, 7) is 9.47. The van der Waals surface area contributed by atoms with E-state index in [0.717, 1.165) is 57.9 Å². The van der Waals surface area contributed by atoms with Crippen LogP contribution in [-0.4, -0.2) is 65.3 Å². The Morgan fingerprint density at radius 3 is 2.57 bits per heavy atom. The molecule has 0 radical (unpaired) electrons. The van der Waals surface area contributed by atoms with Gasteiger partial charge in [-0.3, -0.25) is 19.3 Å². The van der Waals surface area contributed by atoms with Gasteiger partial charge in [-0.15, -0.1) is 0 Å². The Kier molecular flexibility index (Phi) is 8.87. The van der Waals surface area contributed by atoms with E-state index in [2.05, 4.69) is 54.0 Å².